The predicted octanol–water partition coefficient (Wildman–Crippen LogP) is 3.21. The van der Waals surface area contributed by atoms with Crippen LogP contribution < -0.4 is 10.6 Å². The van der Waals surface area contributed by atoms with Crippen molar-refractivity contribution in [3.63, 3.8) is 0 Å². The minimum absolute atomic E-state index is 0.0470. The number of quaternary nitrogens is 1. The summed E-state index contributed by atoms with van der Waals surface area (Å²) in [6, 6.07) is 6.70. The number of furan rings is 1. The summed E-state index contributed by atoms with van der Waals surface area (Å²) in [6.07, 6.45) is -3.04. The van der Waals surface area contributed by atoms with E-state index in [9.17, 15) is 18.0 Å². The molecule has 1 atom stereocenters. The topological polar surface area (TPSA) is 58.9 Å². The fourth-order valence-electron chi connectivity index (χ4n) is 1.98. The monoisotopic (exact) mass is 347 g/mol. The fraction of sp³-hybridized carbons (Fsp3) is 0.267. The van der Waals surface area contributed by atoms with E-state index in [2.05, 4.69) is 5.32 Å². The lowest BCUT2D eigenvalue weighted by atomic mass is 10.2. The summed E-state index contributed by atoms with van der Waals surface area (Å²) in [4.78, 5) is 11.8. The SMILES string of the molecule is C[C@@H]([NH2+]CC(=O)Nc1ccc(Cl)c(C(F)(F)F)c1)c1ccco1. The summed E-state index contributed by atoms with van der Waals surface area (Å²) in [5.74, 6) is 0.294. The minimum Gasteiger partial charge on any atom is -0.463 e. The first-order valence-corrected chi connectivity index (χ1v) is 7.18. The Balaban J connectivity index is 1.95. The predicted molar refractivity (Wildman–Crippen MR) is 79.0 cm³/mol. The maximum Gasteiger partial charge on any atom is 0.417 e. The number of nitrogens with one attached hydrogen (secondary N) is 1. The van der Waals surface area contributed by atoms with E-state index in [1.165, 1.54) is 12.3 Å². The Bertz CT molecular complexity index is 672. The molecule has 0 fully saturated rings. The van der Waals surface area contributed by atoms with Gasteiger partial charge in [-0.25, -0.2) is 0 Å². The molecule has 0 spiro atoms. The van der Waals surface area contributed by atoms with E-state index < -0.39 is 22.7 Å². The molecule has 4 nitrogen and oxygen atoms in total. The van der Waals surface area contributed by atoms with Crippen LogP contribution in [0.15, 0.2) is 41.0 Å². The van der Waals surface area contributed by atoms with E-state index in [0.29, 0.717) is 5.76 Å². The van der Waals surface area contributed by atoms with Crippen molar-refractivity contribution in [3.8, 4) is 0 Å². The molecule has 1 amide bonds. The number of carbonyl (C=O) groups is 1. The number of hydrogen-bond acceptors (Lipinski definition) is 2. The summed E-state index contributed by atoms with van der Waals surface area (Å²) >= 11 is 5.53. The third-order valence-electron chi connectivity index (χ3n) is 3.20. The molecule has 0 radical (unpaired) electrons. The van der Waals surface area contributed by atoms with Gasteiger partial charge in [0.2, 0.25) is 0 Å². The number of nitrogens with two attached hydrogens (primary N) is 1. The molecule has 1 aromatic heterocycles. The van der Waals surface area contributed by atoms with Crippen LogP contribution in [0.4, 0.5) is 18.9 Å². The van der Waals surface area contributed by atoms with Gasteiger partial charge < -0.3 is 15.1 Å². The van der Waals surface area contributed by atoms with Crippen molar-refractivity contribution in [2.45, 2.75) is 19.1 Å². The van der Waals surface area contributed by atoms with Crippen molar-refractivity contribution >= 4 is 23.2 Å². The number of carbonyl (C=O) groups excluding carboxylic acids is 1. The molecule has 0 bridgehead atoms. The molecule has 0 saturated carbocycles. The lowest BCUT2D eigenvalue weighted by Gasteiger charge is -2.12. The van der Waals surface area contributed by atoms with Gasteiger partial charge in [0.15, 0.2) is 12.3 Å². The van der Waals surface area contributed by atoms with Crippen LogP contribution >= 0.6 is 11.6 Å². The van der Waals surface area contributed by atoms with Gasteiger partial charge in [0.25, 0.3) is 5.91 Å². The van der Waals surface area contributed by atoms with E-state index in [-0.39, 0.29) is 18.3 Å². The Morgan fingerprint density at radius 3 is 2.74 bits per heavy atom. The second-order valence-electron chi connectivity index (χ2n) is 4.98. The molecule has 0 aliphatic heterocycles. The Morgan fingerprint density at radius 1 is 1.39 bits per heavy atom. The van der Waals surface area contributed by atoms with E-state index in [4.69, 9.17) is 16.0 Å². The standard InChI is InChI=1S/C15H14ClF3N2O2/c1-9(13-3-2-6-23-13)20-8-14(22)21-10-4-5-12(16)11(7-10)15(17,18)19/h2-7,9,20H,8H2,1H3,(H,21,22)/p+1/t9-/m1/s1. The van der Waals surface area contributed by atoms with Crippen LogP contribution in [0.3, 0.4) is 0 Å². The first-order chi connectivity index (χ1) is 10.8. The van der Waals surface area contributed by atoms with E-state index in [1.807, 2.05) is 6.92 Å². The smallest absolute Gasteiger partial charge is 0.417 e. The van der Waals surface area contributed by atoms with E-state index in [0.717, 1.165) is 12.1 Å². The van der Waals surface area contributed by atoms with Crippen molar-refractivity contribution in [1.29, 1.82) is 0 Å². The average Bonchev–Trinajstić information content (AvgIpc) is 3.00. The summed E-state index contributed by atoms with van der Waals surface area (Å²) in [5, 5.41) is 3.73. The van der Waals surface area contributed by atoms with Crippen LogP contribution in [0.25, 0.3) is 0 Å². The third kappa shape index (κ3) is 4.74. The molecule has 2 aromatic rings. The molecule has 0 aliphatic carbocycles. The number of halogens is 4. The lowest BCUT2D eigenvalue weighted by molar-refractivity contribution is -0.684. The van der Waals surface area contributed by atoms with Crippen molar-refractivity contribution in [2.75, 3.05) is 11.9 Å². The van der Waals surface area contributed by atoms with Gasteiger partial charge in [0, 0.05) is 5.69 Å². The maximum atomic E-state index is 12.8. The molecule has 1 heterocycles. The molecule has 23 heavy (non-hydrogen) atoms. The Morgan fingerprint density at radius 2 is 2.13 bits per heavy atom. The number of alkyl halides is 3. The highest BCUT2D eigenvalue weighted by molar-refractivity contribution is 6.31. The number of rotatable bonds is 5. The Kier molecular flexibility index (Phi) is 5.33. The maximum absolute atomic E-state index is 12.8. The Hall–Kier alpha value is -1.99. The van der Waals surface area contributed by atoms with Gasteiger partial charge in [0.05, 0.1) is 16.8 Å². The zero-order chi connectivity index (χ0) is 17.0. The molecule has 3 N–H and O–H groups in total. The molecular formula is C15H15ClF3N2O2+. The van der Waals surface area contributed by atoms with Gasteiger partial charge in [-0.3, -0.25) is 4.79 Å². The second kappa shape index (κ2) is 7.06. The number of amides is 1. The summed E-state index contributed by atoms with van der Waals surface area (Å²) < 4.78 is 43.5. The number of benzene rings is 1. The van der Waals surface area contributed by atoms with Gasteiger partial charge in [-0.2, -0.15) is 13.2 Å². The average molecular weight is 348 g/mol. The second-order valence-corrected chi connectivity index (χ2v) is 5.39. The molecule has 0 aliphatic rings. The van der Waals surface area contributed by atoms with Crippen molar-refractivity contribution < 1.29 is 27.7 Å². The largest absolute Gasteiger partial charge is 0.463 e. The third-order valence-corrected chi connectivity index (χ3v) is 3.53. The normalized spacial score (nSPS) is 12.9. The molecule has 0 saturated heterocycles. The summed E-state index contributed by atoms with van der Waals surface area (Å²) in [6.45, 7) is 1.90. The highest BCUT2D eigenvalue weighted by Gasteiger charge is 2.33. The van der Waals surface area contributed by atoms with Crippen LogP contribution in [-0.2, 0) is 11.0 Å². The van der Waals surface area contributed by atoms with Gasteiger partial charge in [-0.15, -0.1) is 0 Å². The first kappa shape index (κ1) is 17.4. The van der Waals surface area contributed by atoms with Gasteiger partial charge in [-0.05, 0) is 37.3 Å². The molecule has 124 valence electrons. The highest BCUT2D eigenvalue weighted by Crippen LogP contribution is 2.36. The first-order valence-electron chi connectivity index (χ1n) is 6.80. The Labute approximate surface area is 135 Å². The van der Waals surface area contributed by atoms with Crippen molar-refractivity contribution in [3.05, 3.63) is 52.9 Å². The number of anilines is 1. The summed E-state index contributed by atoms with van der Waals surface area (Å²) in [7, 11) is 0. The van der Waals surface area contributed by atoms with Crippen LogP contribution in [0.5, 0.6) is 0 Å². The van der Waals surface area contributed by atoms with Crippen LogP contribution in [0, 0.1) is 0 Å². The highest BCUT2D eigenvalue weighted by atomic mass is 35.5. The fourth-order valence-corrected chi connectivity index (χ4v) is 2.21. The molecule has 0 unspecified atom stereocenters. The van der Waals surface area contributed by atoms with Gasteiger partial charge in [-0.1, -0.05) is 11.6 Å². The van der Waals surface area contributed by atoms with E-state index in [1.54, 1.807) is 17.4 Å². The zero-order valence-electron chi connectivity index (χ0n) is 12.2. The number of hydrogen-bond donors (Lipinski definition) is 2. The van der Waals surface area contributed by atoms with Gasteiger partial charge in [0.1, 0.15) is 6.04 Å². The van der Waals surface area contributed by atoms with E-state index >= 15 is 0 Å². The van der Waals surface area contributed by atoms with Crippen LogP contribution in [0.1, 0.15) is 24.3 Å². The molecule has 8 heteroatoms. The van der Waals surface area contributed by atoms with Crippen molar-refractivity contribution in [2.24, 2.45) is 0 Å². The minimum atomic E-state index is -4.57. The lowest BCUT2D eigenvalue weighted by Crippen LogP contribution is -2.86. The molecule has 2 rings (SSSR count). The molecule has 1 aromatic carbocycles. The van der Waals surface area contributed by atoms with Crippen LogP contribution in [0.2, 0.25) is 5.02 Å². The quantitative estimate of drug-likeness (QED) is 0.872. The van der Waals surface area contributed by atoms with Crippen molar-refractivity contribution in [1.82, 2.24) is 0 Å². The summed E-state index contributed by atoms with van der Waals surface area (Å²) in [5.41, 5.74) is -0.935. The van der Waals surface area contributed by atoms with Crippen LogP contribution in [-0.4, -0.2) is 12.5 Å². The molecular weight excluding hydrogens is 333 g/mol. The van der Waals surface area contributed by atoms with Gasteiger partial charge >= 0.3 is 6.18 Å². The zero-order valence-corrected chi connectivity index (χ0v) is 12.9.